The molecule has 0 aromatic heterocycles. The van der Waals surface area contributed by atoms with Gasteiger partial charge in [0.2, 0.25) is 0 Å². The van der Waals surface area contributed by atoms with E-state index in [4.69, 9.17) is 4.74 Å². The molecule has 1 aliphatic rings. The SMILES string of the molecule is COCCN1CCN(C(C)(C)C)CC1. The standard InChI is InChI=1S/C11H24N2O/c1-11(2,3)13-7-5-12(6-8-13)9-10-14-4/h5-10H2,1-4H3. The summed E-state index contributed by atoms with van der Waals surface area (Å²) in [6.07, 6.45) is 0. The number of methoxy groups -OCH3 is 1. The van der Waals surface area contributed by atoms with Gasteiger partial charge < -0.3 is 4.74 Å². The van der Waals surface area contributed by atoms with Crippen LogP contribution in [0.15, 0.2) is 0 Å². The van der Waals surface area contributed by atoms with Gasteiger partial charge in [0, 0.05) is 45.4 Å². The Morgan fingerprint density at radius 2 is 1.64 bits per heavy atom. The minimum absolute atomic E-state index is 0.327. The summed E-state index contributed by atoms with van der Waals surface area (Å²) < 4.78 is 5.08. The highest BCUT2D eigenvalue weighted by molar-refractivity contribution is 4.81. The van der Waals surface area contributed by atoms with Crippen molar-refractivity contribution in [2.24, 2.45) is 0 Å². The molecule has 0 saturated carbocycles. The van der Waals surface area contributed by atoms with E-state index in [9.17, 15) is 0 Å². The maximum atomic E-state index is 5.08. The van der Waals surface area contributed by atoms with Crippen LogP contribution < -0.4 is 0 Å². The molecular formula is C11H24N2O. The molecule has 14 heavy (non-hydrogen) atoms. The lowest BCUT2D eigenvalue weighted by Gasteiger charge is -2.42. The Morgan fingerprint density at radius 3 is 2.07 bits per heavy atom. The van der Waals surface area contributed by atoms with Crippen LogP contribution in [0.25, 0.3) is 0 Å². The highest BCUT2D eigenvalue weighted by Crippen LogP contribution is 2.15. The number of ether oxygens (including phenoxy) is 1. The Hall–Kier alpha value is -0.120. The molecule has 3 heteroatoms. The van der Waals surface area contributed by atoms with E-state index in [1.165, 1.54) is 26.2 Å². The van der Waals surface area contributed by atoms with Crippen molar-refractivity contribution in [3.63, 3.8) is 0 Å². The Morgan fingerprint density at radius 1 is 1.07 bits per heavy atom. The Labute approximate surface area is 88.0 Å². The fourth-order valence-electron chi connectivity index (χ4n) is 1.86. The van der Waals surface area contributed by atoms with Crippen molar-refractivity contribution in [3.05, 3.63) is 0 Å². The van der Waals surface area contributed by atoms with Gasteiger partial charge in [-0.25, -0.2) is 0 Å². The van der Waals surface area contributed by atoms with E-state index >= 15 is 0 Å². The lowest BCUT2D eigenvalue weighted by Crippen LogP contribution is -2.53. The molecule has 0 aromatic carbocycles. The van der Waals surface area contributed by atoms with Crippen LogP contribution in [0.2, 0.25) is 0 Å². The molecule has 1 saturated heterocycles. The summed E-state index contributed by atoms with van der Waals surface area (Å²) in [5.74, 6) is 0. The first-order chi connectivity index (χ1) is 6.54. The second kappa shape index (κ2) is 5.10. The molecule has 0 atom stereocenters. The molecule has 3 nitrogen and oxygen atoms in total. The van der Waals surface area contributed by atoms with Gasteiger partial charge in [-0.3, -0.25) is 9.80 Å². The van der Waals surface area contributed by atoms with Crippen molar-refractivity contribution in [1.29, 1.82) is 0 Å². The lowest BCUT2D eigenvalue weighted by atomic mass is 10.1. The van der Waals surface area contributed by atoms with Crippen molar-refractivity contribution in [1.82, 2.24) is 9.80 Å². The van der Waals surface area contributed by atoms with Crippen LogP contribution in [0.3, 0.4) is 0 Å². The number of piperazine rings is 1. The molecular weight excluding hydrogens is 176 g/mol. The van der Waals surface area contributed by atoms with Gasteiger partial charge in [0.1, 0.15) is 0 Å². The molecule has 0 aliphatic carbocycles. The summed E-state index contributed by atoms with van der Waals surface area (Å²) >= 11 is 0. The third kappa shape index (κ3) is 3.56. The second-order valence-corrected chi connectivity index (χ2v) is 4.99. The summed E-state index contributed by atoms with van der Waals surface area (Å²) in [7, 11) is 1.77. The summed E-state index contributed by atoms with van der Waals surface area (Å²) in [5, 5.41) is 0. The lowest BCUT2D eigenvalue weighted by molar-refractivity contribution is 0.0494. The number of hydrogen-bond acceptors (Lipinski definition) is 3. The van der Waals surface area contributed by atoms with Crippen molar-refractivity contribution >= 4 is 0 Å². The van der Waals surface area contributed by atoms with Crippen molar-refractivity contribution in [2.45, 2.75) is 26.3 Å². The smallest absolute Gasteiger partial charge is 0.0589 e. The predicted molar refractivity (Wildman–Crippen MR) is 59.6 cm³/mol. The quantitative estimate of drug-likeness (QED) is 0.677. The van der Waals surface area contributed by atoms with Gasteiger partial charge in [-0.2, -0.15) is 0 Å². The molecule has 0 amide bonds. The zero-order chi connectivity index (χ0) is 10.6. The summed E-state index contributed by atoms with van der Waals surface area (Å²) in [6, 6.07) is 0. The summed E-state index contributed by atoms with van der Waals surface area (Å²) in [4.78, 5) is 5.03. The normalized spacial score (nSPS) is 21.4. The van der Waals surface area contributed by atoms with E-state index in [2.05, 4.69) is 30.6 Å². The fraction of sp³-hybridized carbons (Fsp3) is 1.00. The first kappa shape index (κ1) is 12.0. The van der Waals surface area contributed by atoms with Gasteiger partial charge in [-0.15, -0.1) is 0 Å². The highest BCUT2D eigenvalue weighted by Gasteiger charge is 2.25. The predicted octanol–water partition coefficient (Wildman–Crippen LogP) is 1.05. The average molecular weight is 200 g/mol. The molecule has 0 bridgehead atoms. The van der Waals surface area contributed by atoms with E-state index in [1.807, 2.05) is 0 Å². The molecule has 0 radical (unpaired) electrons. The van der Waals surface area contributed by atoms with Crippen LogP contribution in [0, 0.1) is 0 Å². The molecule has 1 fully saturated rings. The van der Waals surface area contributed by atoms with Crippen LogP contribution >= 0.6 is 0 Å². The molecule has 0 unspecified atom stereocenters. The minimum Gasteiger partial charge on any atom is -0.383 e. The van der Waals surface area contributed by atoms with Crippen molar-refractivity contribution in [3.8, 4) is 0 Å². The van der Waals surface area contributed by atoms with Crippen LogP contribution in [-0.4, -0.2) is 61.8 Å². The maximum Gasteiger partial charge on any atom is 0.0589 e. The molecule has 1 heterocycles. The van der Waals surface area contributed by atoms with Crippen LogP contribution in [0.1, 0.15) is 20.8 Å². The molecule has 0 aromatic rings. The van der Waals surface area contributed by atoms with Gasteiger partial charge in [0.15, 0.2) is 0 Å². The highest BCUT2D eigenvalue weighted by atomic mass is 16.5. The van der Waals surface area contributed by atoms with Gasteiger partial charge in [0.25, 0.3) is 0 Å². The number of nitrogens with zero attached hydrogens (tertiary/aromatic N) is 2. The van der Waals surface area contributed by atoms with E-state index in [-0.39, 0.29) is 0 Å². The van der Waals surface area contributed by atoms with E-state index in [0.717, 1.165) is 13.2 Å². The van der Waals surface area contributed by atoms with Crippen LogP contribution in [-0.2, 0) is 4.74 Å². The van der Waals surface area contributed by atoms with Crippen LogP contribution in [0.5, 0.6) is 0 Å². The van der Waals surface area contributed by atoms with Gasteiger partial charge in [-0.05, 0) is 20.8 Å². The zero-order valence-corrected chi connectivity index (χ0v) is 10.0. The zero-order valence-electron chi connectivity index (χ0n) is 10.0. The summed E-state index contributed by atoms with van der Waals surface area (Å²) in [6.45, 7) is 13.5. The number of rotatable bonds is 3. The fourth-order valence-corrected chi connectivity index (χ4v) is 1.86. The monoisotopic (exact) mass is 200 g/mol. The molecule has 1 rings (SSSR count). The Balaban J connectivity index is 2.24. The number of hydrogen-bond donors (Lipinski definition) is 0. The van der Waals surface area contributed by atoms with Gasteiger partial charge in [-0.1, -0.05) is 0 Å². The maximum absolute atomic E-state index is 5.08. The topological polar surface area (TPSA) is 15.7 Å². The third-order valence-corrected chi connectivity index (χ3v) is 2.93. The minimum atomic E-state index is 0.327. The first-order valence-electron chi connectivity index (χ1n) is 5.50. The molecule has 1 aliphatic heterocycles. The molecule has 84 valence electrons. The molecule has 0 N–H and O–H groups in total. The van der Waals surface area contributed by atoms with Crippen LogP contribution in [0.4, 0.5) is 0 Å². The van der Waals surface area contributed by atoms with Crippen molar-refractivity contribution in [2.75, 3.05) is 46.4 Å². The molecule has 0 spiro atoms. The summed E-state index contributed by atoms with van der Waals surface area (Å²) in [5.41, 5.74) is 0.327. The van der Waals surface area contributed by atoms with E-state index in [1.54, 1.807) is 7.11 Å². The van der Waals surface area contributed by atoms with E-state index in [0.29, 0.717) is 5.54 Å². The third-order valence-electron chi connectivity index (χ3n) is 2.93. The largest absolute Gasteiger partial charge is 0.383 e. The Bertz CT molecular complexity index is 157. The second-order valence-electron chi connectivity index (χ2n) is 4.99. The Kier molecular flexibility index (Phi) is 4.35. The average Bonchev–Trinajstić information content (AvgIpc) is 2.14. The first-order valence-corrected chi connectivity index (χ1v) is 5.50. The van der Waals surface area contributed by atoms with Gasteiger partial charge in [0.05, 0.1) is 6.61 Å². The van der Waals surface area contributed by atoms with Gasteiger partial charge >= 0.3 is 0 Å². The van der Waals surface area contributed by atoms with E-state index < -0.39 is 0 Å². The van der Waals surface area contributed by atoms with Crippen molar-refractivity contribution < 1.29 is 4.74 Å².